The van der Waals surface area contributed by atoms with Crippen molar-refractivity contribution in [2.24, 2.45) is 0 Å². The number of nitrogens with zero attached hydrogens (tertiary/aromatic N) is 1. The Hall–Kier alpha value is -2.17. The number of hydrogen-bond acceptors (Lipinski definition) is 3. The lowest BCUT2D eigenvalue weighted by Crippen LogP contribution is -2.35. The smallest absolute Gasteiger partial charge is 0.251 e. The number of nitrogens with one attached hydrogen (secondary N) is 1. The van der Waals surface area contributed by atoms with Gasteiger partial charge in [-0.2, -0.15) is 0 Å². The van der Waals surface area contributed by atoms with Crippen molar-refractivity contribution in [2.75, 3.05) is 27.7 Å². The van der Waals surface area contributed by atoms with Crippen molar-refractivity contribution in [3.8, 4) is 0 Å². The largest absolute Gasteiger partial charge is 0.380 e. The first-order valence-electron chi connectivity index (χ1n) is 7.68. The molecule has 4 heteroatoms. The van der Waals surface area contributed by atoms with Crippen LogP contribution in [-0.2, 0) is 11.3 Å². The van der Waals surface area contributed by atoms with Crippen LogP contribution in [0.1, 0.15) is 27.5 Å². The van der Waals surface area contributed by atoms with Gasteiger partial charge in [-0.1, -0.05) is 42.5 Å². The first kappa shape index (κ1) is 17.2. The van der Waals surface area contributed by atoms with Crippen molar-refractivity contribution in [1.29, 1.82) is 0 Å². The molecular formula is C19H24N2O2. The van der Waals surface area contributed by atoms with Crippen molar-refractivity contribution >= 4 is 5.91 Å². The summed E-state index contributed by atoms with van der Waals surface area (Å²) in [6.07, 6.45) is 0. The molecule has 2 aromatic carbocycles. The van der Waals surface area contributed by atoms with Crippen LogP contribution < -0.4 is 5.32 Å². The highest BCUT2D eigenvalue weighted by atomic mass is 16.5. The number of ether oxygens (including phenoxy) is 1. The highest BCUT2D eigenvalue weighted by Crippen LogP contribution is 2.15. The van der Waals surface area contributed by atoms with Crippen LogP contribution >= 0.6 is 0 Å². The lowest BCUT2D eigenvalue weighted by atomic mass is 10.1. The average molecular weight is 312 g/mol. The van der Waals surface area contributed by atoms with Crippen LogP contribution in [-0.4, -0.2) is 38.6 Å². The second-order valence-electron chi connectivity index (χ2n) is 5.83. The molecule has 1 N–H and O–H groups in total. The zero-order valence-electron chi connectivity index (χ0n) is 14.0. The quantitative estimate of drug-likeness (QED) is 0.855. The van der Waals surface area contributed by atoms with Gasteiger partial charge in [0.15, 0.2) is 0 Å². The van der Waals surface area contributed by atoms with Crippen molar-refractivity contribution in [3.63, 3.8) is 0 Å². The maximum absolute atomic E-state index is 12.6. The molecule has 0 aliphatic rings. The summed E-state index contributed by atoms with van der Waals surface area (Å²) in [4.78, 5) is 14.7. The molecule has 4 nitrogen and oxygen atoms in total. The Labute approximate surface area is 138 Å². The van der Waals surface area contributed by atoms with E-state index < -0.39 is 0 Å². The normalized spacial score (nSPS) is 12.2. The molecule has 0 bridgehead atoms. The minimum atomic E-state index is -0.0707. The monoisotopic (exact) mass is 312 g/mol. The molecule has 122 valence electrons. The highest BCUT2D eigenvalue weighted by Gasteiger charge is 2.16. The Kier molecular flexibility index (Phi) is 6.32. The van der Waals surface area contributed by atoms with Crippen LogP contribution in [0.3, 0.4) is 0 Å². The van der Waals surface area contributed by atoms with Crippen molar-refractivity contribution in [3.05, 3.63) is 71.3 Å². The molecule has 2 rings (SSSR count). The molecule has 1 amide bonds. The van der Waals surface area contributed by atoms with Gasteiger partial charge in [0.05, 0.1) is 12.6 Å². The van der Waals surface area contributed by atoms with E-state index >= 15 is 0 Å². The highest BCUT2D eigenvalue weighted by molar-refractivity contribution is 5.94. The molecule has 1 atom stereocenters. The molecule has 0 fully saturated rings. The second-order valence-corrected chi connectivity index (χ2v) is 5.83. The topological polar surface area (TPSA) is 41.6 Å². The number of carbonyl (C=O) groups excluding carboxylic acids is 1. The minimum Gasteiger partial charge on any atom is -0.380 e. The third kappa shape index (κ3) is 5.20. The Morgan fingerprint density at radius 1 is 1.13 bits per heavy atom. The Balaban J connectivity index is 2.15. The predicted molar refractivity (Wildman–Crippen MR) is 92.4 cm³/mol. The molecule has 0 saturated heterocycles. The van der Waals surface area contributed by atoms with Crippen LogP contribution in [0.15, 0.2) is 54.6 Å². The molecule has 23 heavy (non-hydrogen) atoms. The van der Waals surface area contributed by atoms with Crippen molar-refractivity contribution < 1.29 is 9.53 Å². The van der Waals surface area contributed by atoms with Gasteiger partial charge in [-0.15, -0.1) is 0 Å². The van der Waals surface area contributed by atoms with Gasteiger partial charge < -0.3 is 15.0 Å². The second kappa shape index (κ2) is 8.46. The molecule has 0 aliphatic heterocycles. The number of carbonyl (C=O) groups is 1. The molecule has 0 aromatic heterocycles. The van der Waals surface area contributed by atoms with E-state index in [1.165, 1.54) is 0 Å². The van der Waals surface area contributed by atoms with E-state index in [0.717, 1.165) is 17.7 Å². The summed E-state index contributed by atoms with van der Waals surface area (Å²) in [5.41, 5.74) is 2.74. The first-order valence-corrected chi connectivity index (χ1v) is 7.68. The summed E-state index contributed by atoms with van der Waals surface area (Å²) >= 11 is 0. The fourth-order valence-corrected chi connectivity index (χ4v) is 2.50. The molecule has 0 saturated carbocycles. The summed E-state index contributed by atoms with van der Waals surface area (Å²) < 4.78 is 5.13. The van der Waals surface area contributed by atoms with E-state index in [1.807, 2.05) is 68.7 Å². The Bertz CT molecular complexity index is 626. The number of likely N-dealkylation sites (N-methyl/N-ethyl adjacent to an activating group) is 1. The predicted octanol–water partition coefficient (Wildman–Crippen LogP) is 2.87. The van der Waals surface area contributed by atoms with Crippen molar-refractivity contribution in [2.45, 2.75) is 12.6 Å². The number of hydrogen-bond donors (Lipinski definition) is 1. The van der Waals surface area contributed by atoms with Crippen LogP contribution in [0.4, 0.5) is 0 Å². The van der Waals surface area contributed by atoms with Gasteiger partial charge in [0.2, 0.25) is 0 Å². The number of rotatable bonds is 7. The maximum atomic E-state index is 12.6. The summed E-state index contributed by atoms with van der Waals surface area (Å²) in [6.45, 7) is 1.24. The van der Waals surface area contributed by atoms with Crippen LogP contribution in [0, 0.1) is 0 Å². The van der Waals surface area contributed by atoms with Gasteiger partial charge in [-0.3, -0.25) is 4.79 Å². The lowest BCUT2D eigenvalue weighted by Gasteiger charge is -2.23. The van der Waals surface area contributed by atoms with Gasteiger partial charge in [0.1, 0.15) is 0 Å². The molecule has 0 spiro atoms. The van der Waals surface area contributed by atoms with Gasteiger partial charge in [0, 0.05) is 19.2 Å². The first-order chi connectivity index (χ1) is 11.1. The molecule has 0 aliphatic carbocycles. The molecule has 0 heterocycles. The summed E-state index contributed by atoms with van der Waals surface area (Å²) in [5.74, 6) is -0.0707. The third-order valence-corrected chi connectivity index (χ3v) is 3.56. The van der Waals surface area contributed by atoms with E-state index in [4.69, 9.17) is 4.74 Å². The van der Waals surface area contributed by atoms with Crippen LogP contribution in [0.2, 0.25) is 0 Å². The van der Waals surface area contributed by atoms with E-state index in [1.54, 1.807) is 7.11 Å². The molecular weight excluding hydrogens is 288 g/mol. The summed E-state index contributed by atoms with van der Waals surface area (Å²) in [7, 11) is 5.65. The SMILES string of the molecule is COCc1cccc(C(=O)NC(CN(C)C)c2ccccc2)c1. The molecule has 0 radical (unpaired) electrons. The number of benzene rings is 2. The third-order valence-electron chi connectivity index (χ3n) is 3.56. The summed E-state index contributed by atoms with van der Waals surface area (Å²) in [6, 6.07) is 17.5. The standard InChI is InChI=1S/C19H24N2O2/c1-21(2)13-18(16-9-5-4-6-10-16)20-19(22)17-11-7-8-15(12-17)14-23-3/h4-12,18H,13-14H2,1-3H3,(H,20,22). The number of amides is 1. The Morgan fingerprint density at radius 2 is 1.87 bits per heavy atom. The fourth-order valence-electron chi connectivity index (χ4n) is 2.50. The van der Waals surface area contributed by atoms with E-state index in [9.17, 15) is 4.79 Å². The lowest BCUT2D eigenvalue weighted by molar-refractivity contribution is 0.0929. The molecule has 1 unspecified atom stereocenters. The fraction of sp³-hybridized carbons (Fsp3) is 0.316. The van der Waals surface area contributed by atoms with Gasteiger partial charge in [-0.05, 0) is 37.4 Å². The van der Waals surface area contributed by atoms with Gasteiger partial charge in [0.25, 0.3) is 5.91 Å². The van der Waals surface area contributed by atoms with Crippen LogP contribution in [0.25, 0.3) is 0 Å². The zero-order valence-corrected chi connectivity index (χ0v) is 14.0. The van der Waals surface area contributed by atoms with Crippen LogP contribution in [0.5, 0.6) is 0 Å². The summed E-state index contributed by atoms with van der Waals surface area (Å²) in [5, 5.41) is 3.13. The van der Waals surface area contributed by atoms with Crippen molar-refractivity contribution in [1.82, 2.24) is 10.2 Å². The van der Waals surface area contributed by atoms with E-state index in [0.29, 0.717) is 12.2 Å². The zero-order chi connectivity index (χ0) is 16.7. The number of methoxy groups -OCH3 is 1. The Morgan fingerprint density at radius 3 is 2.52 bits per heavy atom. The average Bonchev–Trinajstić information content (AvgIpc) is 2.55. The van der Waals surface area contributed by atoms with E-state index in [-0.39, 0.29) is 11.9 Å². The van der Waals surface area contributed by atoms with Gasteiger partial charge in [-0.25, -0.2) is 0 Å². The minimum absolute atomic E-state index is 0.0511. The van der Waals surface area contributed by atoms with Gasteiger partial charge >= 0.3 is 0 Å². The van der Waals surface area contributed by atoms with E-state index in [2.05, 4.69) is 10.2 Å². The molecule has 2 aromatic rings. The maximum Gasteiger partial charge on any atom is 0.251 e.